The first kappa shape index (κ1) is 14.5. The molecule has 3 aromatic carbocycles. The molecule has 104 valence electrons. The Balaban J connectivity index is 2.25. The zero-order valence-electron chi connectivity index (χ0n) is 11.9. The van der Waals surface area contributed by atoms with E-state index in [1.54, 1.807) is 0 Å². The van der Waals surface area contributed by atoms with Crippen molar-refractivity contribution in [2.24, 2.45) is 0 Å². The normalized spacial score (nSPS) is 11.3. The Morgan fingerprint density at radius 3 is 1.57 bits per heavy atom. The molecule has 2 heteroatoms. The molecule has 0 aliphatic heterocycles. The fraction of sp³-hybridized carbons (Fsp3) is 0.0526. The Bertz CT molecular complexity index is 683. The van der Waals surface area contributed by atoms with Gasteiger partial charge in [0.15, 0.2) is 21.5 Å². The van der Waals surface area contributed by atoms with Crippen LogP contribution in [-0.2, 0) is 0 Å². The van der Waals surface area contributed by atoms with Crippen LogP contribution in [0.5, 0.6) is 0 Å². The molecular weight excluding hydrogens is 339 g/mol. The number of hydrogen-bond acceptors (Lipinski definition) is 0. The molecule has 0 unspecified atom stereocenters. The van der Waals surface area contributed by atoms with Gasteiger partial charge in [0.2, 0.25) is 0 Å². The molecule has 0 saturated heterocycles. The third kappa shape index (κ3) is 2.81. The quantitative estimate of drug-likeness (QED) is 0.602. The van der Waals surface area contributed by atoms with Crippen molar-refractivity contribution in [2.75, 3.05) is 0 Å². The van der Waals surface area contributed by atoms with Crippen molar-refractivity contribution < 1.29 is 0 Å². The van der Waals surface area contributed by atoms with Crippen molar-refractivity contribution in [2.45, 2.75) is 6.92 Å². The van der Waals surface area contributed by atoms with E-state index in [9.17, 15) is 0 Å². The van der Waals surface area contributed by atoms with Gasteiger partial charge in [-0.1, -0.05) is 48.5 Å². The number of benzene rings is 3. The lowest BCUT2D eigenvalue weighted by Gasteiger charge is -2.20. The fourth-order valence-corrected chi connectivity index (χ4v) is 7.35. The van der Waals surface area contributed by atoms with E-state index in [0.717, 1.165) is 0 Å². The van der Waals surface area contributed by atoms with Gasteiger partial charge in [-0.25, -0.2) is 0 Å². The molecule has 0 atom stereocenters. The van der Waals surface area contributed by atoms with Crippen molar-refractivity contribution in [3.8, 4) is 0 Å². The van der Waals surface area contributed by atoms with E-state index in [-0.39, 0.29) is 0 Å². The first-order chi connectivity index (χ1) is 10.2. The molecule has 0 nitrogen and oxygen atoms in total. The first-order valence-corrected chi connectivity index (χ1v) is 10.8. The summed E-state index contributed by atoms with van der Waals surface area (Å²) >= 11 is 4.16. The summed E-state index contributed by atoms with van der Waals surface area (Å²) < 4.78 is 0. The monoisotopic (exact) mass is 355 g/mol. The molecule has 3 rings (SSSR count). The highest BCUT2D eigenvalue weighted by molar-refractivity contribution is 9.44. The zero-order valence-corrected chi connectivity index (χ0v) is 14.4. The lowest BCUT2D eigenvalue weighted by Crippen LogP contribution is -2.26. The van der Waals surface area contributed by atoms with Crippen LogP contribution in [0.25, 0.3) is 0 Å². The Hall–Kier alpha value is -1.43. The van der Waals surface area contributed by atoms with E-state index in [2.05, 4.69) is 107 Å². The van der Waals surface area contributed by atoms with E-state index >= 15 is 0 Å². The Labute approximate surface area is 134 Å². The maximum Gasteiger partial charge on any atom is 0.181 e. The molecule has 0 amide bonds. The fourth-order valence-electron chi connectivity index (χ4n) is 2.53. The summed E-state index contributed by atoms with van der Waals surface area (Å²) in [6.07, 6.45) is 0. The SMILES string of the molecule is Cc1cccc([P+](Br)(c2ccccc2)c2ccccc2)c1. The van der Waals surface area contributed by atoms with Crippen molar-refractivity contribution in [3.63, 3.8) is 0 Å². The summed E-state index contributed by atoms with van der Waals surface area (Å²) in [5, 5.41) is 4.06. The van der Waals surface area contributed by atoms with E-state index in [1.807, 2.05) is 0 Å². The standard InChI is InChI=1S/C19H17BrP/c1-16-9-8-14-19(15-16)21(20,17-10-4-2-5-11-17)18-12-6-3-7-13-18/h2-15H,1H3/q+1. The van der Waals surface area contributed by atoms with Gasteiger partial charge in [0.05, 0.1) is 0 Å². The Morgan fingerprint density at radius 2 is 1.10 bits per heavy atom. The summed E-state index contributed by atoms with van der Waals surface area (Å²) in [4.78, 5) is 0. The number of halogens is 1. The minimum absolute atomic E-state index is 1.29. The number of hydrogen-bond donors (Lipinski definition) is 0. The molecule has 0 fully saturated rings. The Kier molecular flexibility index (Phi) is 4.24. The zero-order chi connectivity index (χ0) is 14.7. The van der Waals surface area contributed by atoms with Crippen LogP contribution in [0, 0.1) is 6.92 Å². The maximum atomic E-state index is 4.16. The highest BCUT2D eigenvalue weighted by Gasteiger charge is 2.43. The Morgan fingerprint density at radius 1 is 0.619 bits per heavy atom. The summed E-state index contributed by atoms with van der Waals surface area (Å²) in [6, 6.07) is 30.3. The van der Waals surface area contributed by atoms with Crippen LogP contribution in [0.2, 0.25) is 0 Å². The van der Waals surface area contributed by atoms with Crippen LogP contribution < -0.4 is 15.9 Å². The molecule has 21 heavy (non-hydrogen) atoms. The van der Waals surface area contributed by atoms with Gasteiger partial charge in [-0.3, -0.25) is 0 Å². The predicted molar refractivity (Wildman–Crippen MR) is 98.8 cm³/mol. The molecule has 0 spiro atoms. The number of rotatable bonds is 3. The molecule has 0 N–H and O–H groups in total. The average Bonchev–Trinajstić information content (AvgIpc) is 2.56. The molecule has 0 aromatic heterocycles. The number of aryl methyl sites for hydroxylation is 1. The highest BCUT2D eigenvalue weighted by atomic mass is 79.9. The molecule has 0 aliphatic rings. The smallest absolute Gasteiger partial charge is 0.0620 e. The van der Waals surface area contributed by atoms with Gasteiger partial charge in [0, 0.05) is 0 Å². The third-order valence-corrected chi connectivity index (χ3v) is 10.3. The van der Waals surface area contributed by atoms with Crippen LogP contribution in [0.1, 0.15) is 5.56 Å². The van der Waals surface area contributed by atoms with Crippen molar-refractivity contribution in [3.05, 3.63) is 90.5 Å². The summed E-state index contributed by atoms with van der Waals surface area (Å²) in [7, 11) is 0. The highest BCUT2D eigenvalue weighted by Crippen LogP contribution is 2.62. The van der Waals surface area contributed by atoms with Crippen molar-refractivity contribution in [1.82, 2.24) is 0 Å². The maximum absolute atomic E-state index is 4.16. The van der Waals surface area contributed by atoms with Gasteiger partial charge in [-0.05, 0) is 48.9 Å². The molecule has 0 heterocycles. The van der Waals surface area contributed by atoms with E-state index in [4.69, 9.17) is 0 Å². The van der Waals surface area contributed by atoms with E-state index in [0.29, 0.717) is 0 Å². The average molecular weight is 356 g/mol. The van der Waals surface area contributed by atoms with Gasteiger partial charge in [-0.2, -0.15) is 0 Å². The van der Waals surface area contributed by atoms with Crippen LogP contribution in [0.3, 0.4) is 0 Å². The lowest BCUT2D eigenvalue weighted by molar-refractivity contribution is 1.49. The van der Waals surface area contributed by atoms with Crippen molar-refractivity contribution >= 4 is 37.4 Å². The topological polar surface area (TPSA) is 0 Å². The molecule has 0 bridgehead atoms. The van der Waals surface area contributed by atoms with Gasteiger partial charge in [0.25, 0.3) is 0 Å². The second kappa shape index (κ2) is 6.13. The second-order valence-corrected chi connectivity index (χ2v) is 11.0. The van der Waals surface area contributed by atoms with E-state index < -0.39 is 5.96 Å². The lowest BCUT2D eigenvalue weighted by atomic mass is 10.2. The molecule has 0 aliphatic carbocycles. The predicted octanol–water partition coefficient (Wildman–Crippen LogP) is 4.60. The first-order valence-electron chi connectivity index (χ1n) is 6.98. The van der Waals surface area contributed by atoms with Crippen LogP contribution >= 0.6 is 21.5 Å². The van der Waals surface area contributed by atoms with Gasteiger partial charge in [-0.15, -0.1) is 0 Å². The van der Waals surface area contributed by atoms with Crippen LogP contribution in [0.4, 0.5) is 0 Å². The van der Waals surface area contributed by atoms with Gasteiger partial charge in [0.1, 0.15) is 15.9 Å². The third-order valence-electron chi connectivity index (χ3n) is 3.58. The van der Waals surface area contributed by atoms with Gasteiger partial charge >= 0.3 is 0 Å². The van der Waals surface area contributed by atoms with Crippen LogP contribution in [0.15, 0.2) is 84.9 Å². The molecule has 3 aromatic rings. The molecular formula is C19H17BrP+. The van der Waals surface area contributed by atoms with Crippen molar-refractivity contribution in [1.29, 1.82) is 0 Å². The summed E-state index contributed by atoms with van der Waals surface area (Å²) in [5.74, 6) is -1.74. The minimum atomic E-state index is -1.74. The van der Waals surface area contributed by atoms with Crippen LogP contribution in [-0.4, -0.2) is 0 Å². The van der Waals surface area contributed by atoms with Gasteiger partial charge < -0.3 is 0 Å². The summed E-state index contributed by atoms with van der Waals surface area (Å²) in [6.45, 7) is 2.15. The molecule has 0 saturated carbocycles. The minimum Gasteiger partial charge on any atom is -0.0620 e. The molecule has 0 radical (unpaired) electrons. The second-order valence-electron chi connectivity index (χ2n) is 5.10. The summed E-state index contributed by atoms with van der Waals surface area (Å²) in [5.41, 5.74) is 1.29. The van der Waals surface area contributed by atoms with E-state index in [1.165, 1.54) is 21.5 Å². The largest absolute Gasteiger partial charge is 0.181 e.